The highest BCUT2D eigenvalue weighted by molar-refractivity contribution is 5.33. The van der Waals surface area contributed by atoms with E-state index < -0.39 is 0 Å². The third-order valence-corrected chi connectivity index (χ3v) is 2.83. The predicted molar refractivity (Wildman–Crippen MR) is 68.2 cm³/mol. The van der Waals surface area contributed by atoms with E-state index >= 15 is 0 Å². The zero-order valence-electron chi connectivity index (χ0n) is 10.0. The Kier molecular flexibility index (Phi) is 3.52. The standard InChI is InChI=1S/C15H20/c1-6-15(5,11-12(2)3)14-9-7-13(4)8-10-14/h6-10H,1-2,11H2,3-5H3/t15-/m1/s1. The van der Waals surface area contributed by atoms with Crippen LogP contribution in [-0.2, 0) is 5.41 Å². The van der Waals surface area contributed by atoms with Gasteiger partial charge < -0.3 is 0 Å². The first-order valence-electron chi connectivity index (χ1n) is 5.33. The fourth-order valence-electron chi connectivity index (χ4n) is 1.85. The Bertz CT molecular complexity index is 356. The monoisotopic (exact) mass is 200 g/mol. The average molecular weight is 200 g/mol. The molecule has 0 aliphatic carbocycles. The molecule has 0 fully saturated rings. The van der Waals surface area contributed by atoms with E-state index in [2.05, 4.69) is 58.2 Å². The third-order valence-electron chi connectivity index (χ3n) is 2.83. The lowest BCUT2D eigenvalue weighted by atomic mass is 9.77. The van der Waals surface area contributed by atoms with E-state index in [1.54, 1.807) is 0 Å². The van der Waals surface area contributed by atoms with Crippen molar-refractivity contribution in [2.45, 2.75) is 32.6 Å². The fraction of sp³-hybridized carbons (Fsp3) is 0.333. The molecular weight excluding hydrogens is 180 g/mol. The van der Waals surface area contributed by atoms with E-state index in [4.69, 9.17) is 0 Å². The summed E-state index contributed by atoms with van der Waals surface area (Å²) in [5.41, 5.74) is 3.81. The van der Waals surface area contributed by atoms with E-state index in [0.717, 1.165) is 6.42 Å². The molecule has 0 unspecified atom stereocenters. The molecule has 0 aromatic heterocycles. The molecule has 0 spiro atoms. The molecule has 1 aromatic rings. The molecule has 0 saturated carbocycles. The zero-order chi connectivity index (χ0) is 11.5. The Labute approximate surface area is 93.3 Å². The summed E-state index contributed by atoms with van der Waals surface area (Å²) in [5, 5.41) is 0. The van der Waals surface area contributed by atoms with E-state index in [0.29, 0.717) is 0 Å². The smallest absolute Gasteiger partial charge is 0.0138 e. The van der Waals surface area contributed by atoms with Gasteiger partial charge in [0.15, 0.2) is 0 Å². The molecule has 1 rings (SSSR count). The van der Waals surface area contributed by atoms with Crippen LogP contribution in [0.3, 0.4) is 0 Å². The molecular formula is C15H20. The van der Waals surface area contributed by atoms with Gasteiger partial charge >= 0.3 is 0 Å². The molecule has 0 bridgehead atoms. The van der Waals surface area contributed by atoms with Crippen LogP contribution in [0.4, 0.5) is 0 Å². The Morgan fingerprint density at radius 3 is 2.27 bits per heavy atom. The second-order valence-electron chi connectivity index (χ2n) is 4.62. The SMILES string of the molecule is C=C[C@](C)(CC(=C)C)c1ccc(C)cc1. The first kappa shape index (κ1) is 11.8. The molecule has 0 nitrogen and oxygen atoms in total. The van der Waals surface area contributed by atoms with Gasteiger partial charge in [-0.1, -0.05) is 48.4 Å². The summed E-state index contributed by atoms with van der Waals surface area (Å²) in [6, 6.07) is 8.66. The van der Waals surface area contributed by atoms with E-state index in [9.17, 15) is 0 Å². The average Bonchev–Trinajstić information content (AvgIpc) is 2.17. The lowest BCUT2D eigenvalue weighted by Gasteiger charge is -2.26. The van der Waals surface area contributed by atoms with Crippen LogP contribution in [0.5, 0.6) is 0 Å². The van der Waals surface area contributed by atoms with Crippen LogP contribution in [0, 0.1) is 6.92 Å². The van der Waals surface area contributed by atoms with Crippen LogP contribution in [0.1, 0.15) is 31.4 Å². The predicted octanol–water partition coefficient (Wildman–Crippen LogP) is 4.40. The molecule has 0 saturated heterocycles. The zero-order valence-corrected chi connectivity index (χ0v) is 10.0. The van der Waals surface area contributed by atoms with Crippen LogP contribution in [0.15, 0.2) is 49.1 Å². The van der Waals surface area contributed by atoms with Crippen molar-refractivity contribution in [3.8, 4) is 0 Å². The molecule has 0 heterocycles. The van der Waals surface area contributed by atoms with Gasteiger partial charge in [-0.3, -0.25) is 0 Å². The number of hydrogen-bond donors (Lipinski definition) is 0. The second kappa shape index (κ2) is 4.48. The number of benzene rings is 1. The second-order valence-corrected chi connectivity index (χ2v) is 4.62. The van der Waals surface area contributed by atoms with Crippen molar-refractivity contribution < 1.29 is 0 Å². The van der Waals surface area contributed by atoms with Crippen molar-refractivity contribution in [3.63, 3.8) is 0 Å². The van der Waals surface area contributed by atoms with Gasteiger partial charge in [0.25, 0.3) is 0 Å². The van der Waals surface area contributed by atoms with Crippen LogP contribution >= 0.6 is 0 Å². The highest BCUT2D eigenvalue weighted by atomic mass is 14.3. The van der Waals surface area contributed by atoms with Gasteiger partial charge in [-0.05, 0) is 25.8 Å². The molecule has 0 aliphatic heterocycles. The maximum Gasteiger partial charge on any atom is 0.0138 e. The Morgan fingerprint density at radius 1 is 1.33 bits per heavy atom. The molecule has 0 heteroatoms. The molecule has 0 amide bonds. The fourth-order valence-corrected chi connectivity index (χ4v) is 1.85. The lowest BCUT2D eigenvalue weighted by Crippen LogP contribution is -2.18. The van der Waals surface area contributed by atoms with Gasteiger partial charge in [-0.2, -0.15) is 0 Å². The molecule has 0 aliphatic rings. The third kappa shape index (κ3) is 2.82. The minimum Gasteiger partial charge on any atom is -0.102 e. The van der Waals surface area contributed by atoms with Crippen molar-refractivity contribution in [1.82, 2.24) is 0 Å². The highest BCUT2D eigenvalue weighted by Crippen LogP contribution is 2.31. The van der Waals surface area contributed by atoms with Crippen LogP contribution in [0.2, 0.25) is 0 Å². The van der Waals surface area contributed by atoms with E-state index in [1.807, 2.05) is 6.08 Å². The largest absolute Gasteiger partial charge is 0.102 e. The van der Waals surface area contributed by atoms with Gasteiger partial charge in [0.2, 0.25) is 0 Å². The van der Waals surface area contributed by atoms with Crippen molar-refractivity contribution in [2.75, 3.05) is 0 Å². The number of aryl methyl sites for hydroxylation is 1. The summed E-state index contributed by atoms with van der Waals surface area (Å²) in [4.78, 5) is 0. The lowest BCUT2D eigenvalue weighted by molar-refractivity contribution is 0.590. The number of allylic oxidation sites excluding steroid dienone is 2. The summed E-state index contributed by atoms with van der Waals surface area (Å²) < 4.78 is 0. The summed E-state index contributed by atoms with van der Waals surface area (Å²) >= 11 is 0. The van der Waals surface area contributed by atoms with Gasteiger partial charge in [0, 0.05) is 5.41 Å². The first-order chi connectivity index (χ1) is 6.98. The minimum absolute atomic E-state index is 0.0134. The van der Waals surface area contributed by atoms with Crippen LogP contribution in [-0.4, -0.2) is 0 Å². The maximum atomic E-state index is 3.98. The van der Waals surface area contributed by atoms with Crippen LogP contribution in [0.25, 0.3) is 0 Å². The highest BCUT2D eigenvalue weighted by Gasteiger charge is 2.22. The topological polar surface area (TPSA) is 0 Å². The van der Waals surface area contributed by atoms with Crippen LogP contribution < -0.4 is 0 Å². The number of rotatable bonds is 4. The first-order valence-corrected chi connectivity index (χ1v) is 5.33. The molecule has 0 radical (unpaired) electrons. The molecule has 15 heavy (non-hydrogen) atoms. The van der Waals surface area contributed by atoms with Crippen molar-refractivity contribution in [1.29, 1.82) is 0 Å². The van der Waals surface area contributed by atoms with Gasteiger partial charge in [0.1, 0.15) is 0 Å². The molecule has 1 aromatic carbocycles. The Morgan fingerprint density at radius 2 is 1.87 bits per heavy atom. The summed E-state index contributed by atoms with van der Waals surface area (Å²) in [7, 11) is 0. The summed E-state index contributed by atoms with van der Waals surface area (Å²) in [6.45, 7) is 14.3. The summed E-state index contributed by atoms with van der Waals surface area (Å²) in [6.07, 6.45) is 2.98. The van der Waals surface area contributed by atoms with Gasteiger partial charge in [-0.25, -0.2) is 0 Å². The maximum absolute atomic E-state index is 3.98. The molecule has 0 N–H and O–H groups in total. The van der Waals surface area contributed by atoms with Gasteiger partial charge in [-0.15, -0.1) is 13.2 Å². The molecule has 80 valence electrons. The van der Waals surface area contributed by atoms with Crippen molar-refractivity contribution in [3.05, 3.63) is 60.2 Å². The minimum atomic E-state index is 0.0134. The van der Waals surface area contributed by atoms with Gasteiger partial charge in [0.05, 0.1) is 0 Å². The number of hydrogen-bond acceptors (Lipinski definition) is 0. The Hall–Kier alpha value is -1.30. The molecule has 1 atom stereocenters. The normalized spacial score (nSPS) is 14.3. The Balaban J connectivity index is 3.05. The quantitative estimate of drug-likeness (QED) is 0.632. The van der Waals surface area contributed by atoms with Crippen molar-refractivity contribution in [2.24, 2.45) is 0 Å². The van der Waals surface area contributed by atoms with E-state index in [1.165, 1.54) is 16.7 Å². The van der Waals surface area contributed by atoms with Crippen molar-refractivity contribution >= 4 is 0 Å². The van der Waals surface area contributed by atoms with E-state index in [-0.39, 0.29) is 5.41 Å². The summed E-state index contributed by atoms with van der Waals surface area (Å²) in [5.74, 6) is 0.